The van der Waals surface area contributed by atoms with E-state index in [4.69, 9.17) is 11.6 Å². The lowest BCUT2D eigenvalue weighted by Crippen LogP contribution is -2.58. The average Bonchev–Trinajstić information content (AvgIpc) is 3.42. The molecule has 0 spiro atoms. The minimum atomic E-state index is -0.503. The molecule has 3 aliphatic rings. The molecule has 1 N–H and O–H groups in total. The van der Waals surface area contributed by atoms with E-state index in [2.05, 4.69) is 38.9 Å². The van der Waals surface area contributed by atoms with Gasteiger partial charge >= 0.3 is 0 Å². The largest absolute Gasteiger partial charge is 0.350 e. The van der Waals surface area contributed by atoms with Gasteiger partial charge in [-0.2, -0.15) is 0 Å². The van der Waals surface area contributed by atoms with Crippen LogP contribution in [0.25, 0.3) is 0 Å². The lowest BCUT2D eigenvalue weighted by Gasteiger charge is -2.44. The van der Waals surface area contributed by atoms with Crippen molar-refractivity contribution < 1.29 is 4.79 Å². The van der Waals surface area contributed by atoms with Crippen LogP contribution in [0.2, 0.25) is 5.02 Å². The van der Waals surface area contributed by atoms with Gasteiger partial charge in [0.1, 0.15) is 12.1 Å². The quantitative estimate of drug-likeness (QED) is 0.674. The summed E-state index contributed by atoms with van der Waals surface area (Å²) in [6.07, 6.45) is 4.70. The highest BCUT2D eigenvalue weighted by atomic mass is 35.5. The van der Waals surface area contributed by atoms with Crippen molar-refractivity contribution in [2.75, 3.05) is 37.6 Å². The summed E-state index contributed by atoms with van der Waals surface area (Å²) in [5.41, 5.74) is 3.06. The van der Waals surface area contributed by atoms with Gasteiger partial charge in [0.05, 0.1) is 5.41 Å². The Hall–Kier alpha value is -1.60. The maximum absolute atomic E-state index is 13.8. The molecule has 5 rings (SSSR count). The lowest BCUT2D eigenvalue weighted by atomic mass is 9.78. The number of carbonyl (C=O) groups excluding carboxylic acids is 1. The second-order valence-corrected chi connectivity index (χ2v) is 9.74. The Morgan fingerprint density at radius 2 is 1.91 bits per heavy atom. The first kappa shape index (κ1) is 26.0. The third kappa shape index (κ3) is 4.55. The van der Waals surface area contributed by atoms with Crippen LogP contribution < -0.4 is 10.2 Å². The number of nitrogens with one attached hydrogen (secondary N) is 1. The van der Waals surface area contributed by atoms with Crippen molar-refractivity contribution in [3.05, 3.63) is 52.4 Å². The molecule has 2 aliphatic heterocycles. The molecule has 2 fully saturated rings. The molecule has 0 saturated carbocycles. The third-order valence-corrected chi connectivity index (χ3v) is 7.65. The minimum absolute atomic E-state index is 0. The van der Waals surface area contributed by atoms with Gasteiger partial charge in [-0.25, -0.2) is 9.97 Å². The van der Waals surface area contributed by atoms with Crippen LogP contribution >= 0.6 is 36.4 Å². The number of hydrogen-bond donors (Lipinski definition) is 1. The monoisotopic (exact) mass is 511 g/mol. The maximum atomic E-state index is 13.8. The molecular weight excluding hydrogens is 481 g/mol. The van der Waals surface area contributed by atoms with Gasteiger partial charge < -0.3 is 15.1 Å². The van der Waals surface area contributed by atoms with E-state index in [0.29, 0.717) is 30.6 Å². The van der Waals surface area contributed by atoms with Crippen LogP contribution in [0.5, 0.6) is 0 Å². The molecule has 1 aliphatic carbocycles. The summed E-state index contributed by atoms with van der Waals surface area (Å²) < 4.78 is 0. The molecule has 1 aromatic carbocycles. The molecule has 33 heavy (non-hydrogen) atoms. The summed E-state index contributed by atoms with van der Waals surface area (Å²) in [7, 11) is 0. The summed E-state index contributed by atoms with van der Waals surface area (Å²) in [6, 6.07) is 8.02. The second kappa shape index (κ2) is 10.3. The third-order valence-electron chi connectivity index (χ3n) is 7.40. The number of aryl methyl sites for hydroxylation is 1. The zero-order valence-electron chi connectivity index (χ0n) is 19.1. The van der Waals surface area contributed by atoms with Crippen molar-refractivity contribution in [3.63, 3.8) is 0 Å². The van der Waals surface area contributed by atoms with Gasteiger partial charge in [-0.15, -0.1) is 24.8 Å². The fraction of sp³-hybridized carbons (Fsp3) is 0.542. The van der Waals surface area contributed by atoms with Gasteiger partial charge in [-0.3, -0.25) is 4.79 Å². The standard InChI is InChI=1S/C24H30ClN5O.2ClH/c1-16-3-8-20-21(16)22(28-15-27-20)30-12-11-29(13-17(30)2)23(31)24(9-10-26-14-24)18-4-6-19(25)7-5-18;;/h4-7,15-17,26H,3,8-14H2,1-2H3;2*1H/t16-,17+,24?;;/m1../s1. The summed E-state index contributed by atoms with van der Waals surface area (Å²) in [4.78, 5) is 27.5. The fourth-order valence-electron chi connectivity index (χ4n) is 5.62. The Balaban J connectivity index is 0.00000153. The normalized spacial score (nSPS) is 26.4. The average molecular weight is 513 g/mol. The minimum Gasteiger partial charge on any atom is -0.350 e. The summed E-state index contributed by atoms with van der Waals surface area (Å²) in [5, 5.41) is 4.12. The van der Waals surface area contributed by atoms with E-state index < -0.39 is 5.41 Å². The number of carbonyl (C=O) groups is 1. The Morgan fingerprint density at radius 3 is 2.58 bits per heavy atom. The number of hydrogen-bond acceptors (Lipinski definition) is 5. The Kier molecular flexibility index (Phi) is 8.15. The molecule has 0 radical (unpaired) electrons. The van der Waals surface area contributed by atoms with Crippen LogP contribution in [0.15, 0.2) is 30.6 Å². The Labute approximate surface area is 213 Å². The molecule has 6 nitrogen and oxygen atoms in total. The first-order valence-corrected chi connectivity index (χ1v) is 11.7. The second-order valence-electron chi connectivity index (χ2n) is 9.31. The van der Waals surface area contributed by atoms with Crippen molar-refractivity contribution in [1.82, 2.24) is 20.2 Å². The molecule has 180 valence electrons. The molecule has 3 heterocycles. The predicted molar refractivity (Wildman–Crippen MR) is 137 cm³/mol. The SMILES string of the molecule is C[C@@H]1CCc2ncnc(N3CCN(C(=O)C4(c5ccc(Cl)cc5)CCNC4)C[C@@H]3C)c21.Cl.Cl. The Bertz CT molecular complexity index is 981. The highest BCUT2D eigenvalue weighted by Gasteiger charge is 2.46. The van der Waals surface area contributed by atoms with E-state index in [1.54, 1.807) is 6.33 Å². The van der Waals surface area contributed by atoms with Gasteiger partial charge in [-0.05, 0) is 56.3 Å². The van der Waals surface area contributed by atoms with Crippen molar-refractivity contribution in [2.45, 2.75) is 50.5 Å². The van der Waals surface area contributed by atoms with Crippen molar-refractivity contribution in [3.8, 4) is 0 Å². The first-order valence-electron chi connectivity index (χ1n) is 11.4. The maximum Gasteiger partial charge on any atom is 0.234 e. The molecule has 9 heteroatoms. The van der Waals surface area contributed by atoms with Gasteiger partial charge in [0.2, 0.25) is 5.91 Å². The molecule has 1 amide bonds. The number of anilines is 1. The number of fused-ring (bicyclic) bond motifs is 1. The van der Waals surface area contributed by atoms with Crippen LogP contribution in [-0.4, -0.2) is 59.5 Å². The van der Waals surface area contributed by atoms with Crippen LogP contribution in [-0.2, 0) is 16.6 Å². The number of halogens is 3. The Morgan fingerprint density at radius 1 is 1.15 bits per heavy atom. The van der Waals surface area contributed by atoms with E-state index in [1.807, 2.05) is 24.3 Å². The van der Waals surface area contributed by atoms with Crippen LogP contribution in [0, 0.1) is 0 Å². The van der Waals surface area contributed by atoms with E-state index in [9.17, 15) is 4.79 Å². The van der Waals surface area contributed by atoms with Crippen LogP contribution in [0.1, 0.15) is 49.4 Å². The highest BCUT2D eigenvalue weighted by Crippen LogP contribution is 2.39. The summed E-state index contributed by atoms with van der Waals surface area (Å²) in [6.45, 7) is 8.23. The topological polar surface area (TPSA) is 61.4 Å². The summed E-state index contributed by atoms with van der Waals surface area (Å²) in [5.74, 6) is 1.80. The highest BCUT2D eigenvalue weighted by molar-refractivity contribution is 6.30. The molecule has 1 aromatic heterocycles. The van der Waals surface area contributed by atoms with Crippen molar-refractivity contribution in [2.24, 2.45) is 0 Å². The van der Waals surface area contributed by atoms with Crippen molar-refractivity contribution >= 4 is 48.1 Å². The van der Waals surface area contributed by atoms with E-state index in [1.165, 1.54) is 11.3 Å². The number of nitrogens with zero attached hydrogens (tertiary/aromatic N) is 4. The van der Waals surface area contributed by atoms with E-state index in [0.717, 1.165) is 43.7 Å². The van der Waals surface area contributed by atoms with Gasteiger partial charge in [0, 0.05) is 48.5 Å². The van der Waals surface area contributed by atoms with Gasteiger partial charge in [-0.1, -0.05) is 30.7 Å². The molecule has 3 atom stereocenters. The van der Waals surface area contributed by atoms with Crippen LogP contribution in [0.3, 0.4) is 0 Å². The van der Waals surface area contributed by atoms with E-state index in [-0.39, 0.29) is 36.8 Å². The van der Waals surface area contributed by atoms with Gasteiger partial charge in [0.15, 0.2) is 0 Å². The molecule has 1 unspecified atom stereocenters. The predicted octanol–water partition coefficient (Wildman–Crippen LogP) is 3.99. The molecule has 0 bridgehead atoms. The smallest absolute Gasteiger partial charge is 0.234 e. The van der Waals surface area contributed by atoms with E-state index >= 15 is 0 Å². The van der Waals surface area contributed by atoms with Crippen LogP contribution in [0.4, 0.5) is 5.82 Å². The molecular formula is C24H32Cl3N5O. The number of piperazine rings is 1. The number of rotatable bonds is 3. The molecule has 2 saturated heterocycles. The zero-order chi connectivity index (χ0) is 21.6. The van der Waals surface area contributed by atoms with Crippen molar-refractivity contribution in [1.29, 1.82) is 0 Å². The molecule has 2 aromatic rings. The van der Waals surface area contributed by atoms with Gasteiger partial charge in [0.25, 0.3) is 0 Å². The first-order chi connectivity index (χ1) is 15.0. The fourth-order valence-corrected chi connectivity index (χ4v) is 5.75. The number of aromatic nitrogens is 2. The number of amides is 1. The number of benzene rings is 1. The lowest BCUT2D eigenvalue weighted by molar-refractivity contribution is -0.137. The summed E-state index contributed by atoms with van der Waals surface area (Å²) >= 11 is 6.11. The zero-order valence-corrected chi connectivity index (χ0v) is 21.5.